The molecule has 1 rings (SSSR count). The van der Waals surface area contributed by atoms with Gasteiger partial charge in [-0.3, -0.25) is 9.59 Å². The van der Waals surface area contributed by atoms with Gasteiger partial charge in [0.25, 0.3) is 0 Å². The fourth-order valence-electron chi connectivity index (χ4n) is 1.90. The molecule has 6 heteroatoms. The van der Waals surface area contributed by atoms with Crippen molar-refractivity contribution in [1.29, 1.82) is 0 Å². The first kappa shape index (κ1) is 17.0. The summed E-state index contributed by atoms with van der Waals surface area (Å²) in [7, 11) is 0. The molecule has 3 N–H and O–H groups in total. The molecule has 0 aliphatic rings. The van der Waals surface area contributed by atoms with E-state index in [1.807, 2.05) is 6.92 Å². The second-order valence-corrected chi connectivity index (χ2v) is 4.57. The molecule has 21 heavy (non-hydrogen) atoms. The molecule has 116 valence electrons. The number of benzene rings is 1. The zero-order valence-electron chi connectivity index (χ0n) is 12.4. The van der Waals surface area contributed by atoms with Gasteiger partial charge in [-0.15, -0.1) is 0 Å². The number of carboxylic acids is 1. The fourth-order valence-corrected chi connectivity index (χ4v) is 1.90. The minimum Gasteiger partial charge on any atom is -0.494 e. The van der Waals surface area contributed by atoms with Gasteiger partial charge in [0.15, 0.2) is 0 Å². The Balaban J connectivity index is 2.58. The molecule has 1 aromatic rings. The minimum atomic E-state index is -0.942. The van der Waals surface area contributed by atoms with E-state index in [0.717, 1.165) is 0 Å². The Hall–Kier alpha value is -2.08. The van der Waals surface area contributed by atoms with Crippen molar-refractivity contribution in [3.05, 3.63) is 29.8 Å². The summed E-state index contributed by atoms with van der Waals surface area (Å²) in [6.45, 7) is 4.88. The lowest BCUT2D eigenvalue weighted by molar-refractivity contribution is -0.139. The van der Waals surface area contributed by atoms with Crippen molar-refractivity contribution in [2.45, 2.75) is 26.3 Å². The molecule has 1 aromatic carbocycles. The minimum absolute atomic E-state index is 0.0887. The number of aliphatic carboxylic acids is 1. The van der Waals surface area contributed by atoms with Crippen LogP contribution in [0.3, 0.4) is 0 Å². The third kappa shape index (κ3) is 6.27. The van der Waals surface area contributed by atoms with Crippen LogP contribution in [0.15, 0.2) is 24.3 Å². The van der Waals surface area contributed by atoms with Crippen LogP contribution in [-0.2, 0) is 9.59 Å². The topological polar surface area (TPSA) is 87.7 Å². The normalized spacial score (nSPS) is 11.7. The number of hydrogen-bond donors (Lipinski definition) is 3. The van der Waals surface area contributed by atoms with E-state index in [9.17, 15) is 14.7 Å². The number of carboxylic acid groups (broad SMARTS) is 1. The van der Waals surface area contributed by atoms with Gasteiger partial charge in [0.2, 0.25) is 5.91 Å². The molecule has 1 unspecified atom stereocenters. The molecule has 0 aliphatic carbocycles. The predicted octanol–water partition coefficient (Wildman–Crippen LogP) is 1.33. The van der Waals surface area contributed by atoms with Gasteiger partial charge in [-0.05, 0) is 37.6 Å². The number of ether oxygens (including phenoxy) is 1. The maximum absolute atomic E-state index is 11.4. The van der Waals surface area contributed by atoms with Gasteiger partial charge in [-0.25, -0.2) is 0 Å². The van der Waals surface area contributed by atoms with Gasteiger partial charge in [0.05, 0.1) is 6.61 Å². The van der Waals surface area contributed by atoms with Crippen LogP contribution >= 0.6 is 0 Å². The lowest BCUT2D eigenvalue weighted by Crippen LogP contribution is -2.31. The third-order valence-corrected chi connectivity index (χ3v) is 2.83. The summed E-state index contributed by atoms with van der Waals surface area (Å²) in [4.78, 5) is 22.1. The molecule has 0 saturated heterocycles. The molecule has 0 radical (unpaired) electrons. The van der Waals surface area contributed by atoms with E-state index < -0.39 is 12.0 Å². The zero-order chi connectivity index (χ0) is 15.7. The van der Waals surface area contributed by atoms with Crippen molar-refractivity contribution in [3.8, 4) is 5.75 Å². The summed E-state index contributed by atoms with van der Waals surface area (Å²) >= 11 is 0. The lowest BCUT2D eigenvalue weighted by atomic mass is 10.1. The number of carbonyl (C=O) groups excluding carboxylic acids is 1. The molecule has 1 amide bonds. The number of nitrogens with one attached hydrogen (secondary N) is 2. The summed E-state index contributed by atoms with van der Waals surface area (Å²) in [5.74, 6) is -0.376. The molecule has 1 atom stereocenters. The van der Waals surface area contributed by atoms with Gasteiger partial charge in [-0.1, -0.05) is 12.1 Å². The summed E-state index contributed by atoms with van der Waals surface area (Å²) < 4.78 is 5.38. The first-order valence-corrected chi connectivity index (χ1v) is 6.98. The smallest absolute Gasteiger partial charge is 0.325 e. The lowest BCUT2D eigenvalue weighted by Gasteiger charge is -2.16. The molecule has 0 fully saturated rings. The monoisotopic (exact) mass is 294 g/mol. The van der Waals surface area contributed by atoms with Crippen LogP contribution in [0.25, 0.3) is 0 Å². The van der Waals surface area contributed by atoms with Crippen LogP contribution in [0, 0.1) is 0 Å². The average molecular weight is 294 g/mol. The molecule has 0 heterocycles. The molecule has 0 spiro atoms. The first-order chi connectivity index (χ1) is 10.0. The molecule has 0 bridgehead atoms. The number of rotatable bonds is 9. The van der Waals surface area contributed by atoms with Crippen LogP contribution in [0.1, 0.15) is 31.9 Å². The summed E-state index contributed by atoms with van der Waals surface area (Å²) in [6, 6.07) is 6.26. The van der Waals surface area contributed by atoms with Crippen LogP contribution in [0.4, 0.5) is 0 Å². The Bertz CT molecular complexity index is 476. The largest absolute Gasteiger partial charge is 0.494 e. The third-order valence-electron chi connectivity index (χ3n) is 2.83. The van der Waals surface area contributed by atoms with Crippen molar-refractivity contribution in [2.24, 2.45) is 0 Å². The highest BCUT2D eigenvalue weighted by molar-refractivity contribution is 5.75. The van der Waals surface area contributed by atoms with E-state index in [0.29, 0.717) is 37.4 Å². The summed E-state index contributed by atoms with van der Waals surface area (Å²) in [5, 5.41) is 15.0. The molecule has 0 saturated carbocycles. The van der Waals surface area contributed by atoms with Crippen molar-refractivity contribution < 1.29 is 19.4 Å². The van der Waals surface area contributed by atoms with Crippen LogP contribution in [-0.4, -0.2) is 36.7 Å². The maximum Gasteiger partial charge on any atom is 0.325 e. The van der Waals surface area contributed by atoms with E-state index in [-0.39, 0.29) is 5.91 Å². The van der Waals surface area contributed by atoms with E-state index >= 15 is 0 Å². The Morgan fingerprint density at radius 1 is 1.33 bits per heavy atom. The SMILES string of the molecule is CCOc1cccc(C(NCCCNC(C)=O)C(=O)O)c1. The Morgan fingerprint density at radius 2 is 2.10 bits per heavy atom. The van der Waals surface area contributed by atoms with E-state index in [1.165, 1.54) is 6.92 Å². The number of amides is 1. The predicted molar refractivity (Wildman–Crippen MR) is 79.3 cm³/mol. The quantitative estimate of drug-likeness (QED) is 0.598. The molecule has 0 aromatic heterocycles. The van der Waals surface area contributed by atoms with Gasteiger partial charge in [-0.2, -0.15) is 0 Å². The molecule has 6 nitrogen and oxygen atoms in total. The fraction of sp³-hybridized carbons (Fsp3) is 0.467. The molecular formula is C15H22N2O4. The molecular weight excluding hydrogens is 272 g/mol. The van der Waals surface area contributed by atoms with Gasteiger partial charge in [0.1, 0.15) is 11.8 Å². The highest BCUT2D eigenvalue weighted by Gasteiger charge is 2.19. The van der Waals surface area contributed by atoms with Gasteiger partial charge < -0.3 is 20.5 Å². The van der Waals surface area contributed by atoms with Crippen molar-refractivity contribution in [3.63, 3.8) is 0 Å². The zero-order valence-corrected chi connectivity index (χ0v) is 12.4. The van der Waals surface area contributed by atoms with Crippen molar-refractivity contribution >= 4 is 11.9 Å². The van der Waals surface area contributed by atoms with Crippen molar-refractivity contribution in [1.82, 2.24) is 10.6 Å². The Morgan fingerprint density at radius 3 is 2.71 bits per heavy atom. The molecule has 0 aliphatic heterocycles. The Labute approximate surface area is 124 Å². The van der Waals surface area contributed by atoms with Crippen LogP contribution < -0.4 is 15.4 Å². The summed E-state index contributed by atoms with van der Waals surface area (Å²) in [6.07, 6.45) is 0.661. The van der Waals surface area contributed by atoms with Crippen LogP contribution in [0.5, 0.6) is 5.75 Å². The number of hydrogen-bond acceptors (Lipinski definition) is 4. The maximum atomic E-state index is 11.4. The first-order valence-electron chi connectivity index (χ1n) is 6.98. The summed E-state index contributed by atoms with van der Waals surface area (Å²) in [5.41, 5.74) is 0.646. The van der Waals surface area contributed by atoms with Crippen LogP contribution in [0.2, 0.25) is 0 Å². The number of carbonyl (C=O) groups is 2. The van der Waals surface area contributed by atoms with Gasteiger partial charge >= 0.3 is 5.97 Å². The van der Waals surface area contributed by atoms with Crippen molar-refractivity contribution in [2.75, 3.05) is 19.7 Å². The van der Waals surface area contributed by atoms with E-state index in [2.05, 4.69) is 10.6 Å². The standard InChI is InChI=1S/C15H22N2O4/c1-3-21-13-7-4-6-12(10-13)14(15(19)20)17-9-5-8-16-11(2)18/h4,6-7,10,14,17H,3,5,8-9H2,1-2H3,(H,16,18)(H,19,20). The Kier molecular flexibility index (Phi) is 7.25. The second-order valence-electron chi connectivity index (χ2n) is 4.57. The second kappa shape index (κ2) is 8.97. The average Bonchev–Trinajstić information content (AvgIpc) is 2.42. The highest BCUT2D eigenvalue weighted by Crippen LogP contribution is 2.19. The van der Waals surface area contributed by atoms with E-state index in [4.69, 9.17) is 4.74 Å². The van der Waals surface area contributed by atoms with E-state index in [1.54, 1.807) is 24.3 Å². The van der Waals surface area contributed by atoms with Gasteiger partial charge in [0, 0.05) is 13.5 Å². The highest BCUT2D eigenvalue weighted by atomic mass is 16.5.